The number of aryl methyl sites for hydroxylation is 1. The third kappa shape index (κ3) is 4.03. The topological polar surface area (TPSA) is 118 Å². The van der Waals surface area contributed by atoms with Gasteiger partial charge < -0.3 is 20.4 Å². The Labute approximate surface area is 163 Å². The third-order valence-corrected chi connectivity index (χ3v) is 4.20. The molecule has 2 aromatic carbocycles. The van der Waals surface area contributed by atoms with E-state index in [1.54, 1.807) is 25.1 Å². The van der Waals surface area contributed by atoms with Crippen LogP contribution in [0.5, 0.6) is 5.75 Å². The van der Waals surface area contributed by atoms with E-state index in [1.165, 1.54) is 24.3 Å². The molecule has 0 unspecified atom stereocenters. The Morgan fingerprint density at radius 1 is 1.21 bits per heavy atom. The number of aromatic nitrogens is 1. The van der Waals surface area contributed by atoms with E-state index in [4.69, 9.17) is 9.94 Å². The van der Waals surface area contributed by atoms with Crippen LogP contribution in [0.25, 0.3) is 10.9 Å². The molecule has 1 amide bonds. The van der Waals surface area contributed by atoms with E-state index in [1.807, 2.05) is 5.32 Å². The third-order valence-electron chi connectivity index (χ3n) is 4.20. The summed E-state index contributed by atoms with van der Waals surface area (Å²) in [7, 11) is 0. The van der Waals surface area contributed by atoms with Crippen LogP contribution in [-0.4, -0.2) is 33.4 Å². The summed E-state index contributed by atoms with van der Waals surface area (Å²) in [6.07, 6.45) is 0. The minimum Gasteiger partial charge on any atom is -0.506 e. The second-order valence-electron chi connectivity index (χ2n) is 6.29. The number of aromatic hydroxyl groups is 1. The lowest BCUT2D eigenvalue weighted by Crippen LogP contribution is -2.37. The molecule has 0 fully saturated rings. The summed E-state index contributed by atoms with van der Waals surface area (Å²) in [6.45, 7) is 0.685. The van der Waals surface area contributed by atoms with Gasteiger partial charge in [0.15, 0.2) is 5.56 Å². The second-order valence-corrected chi connectivity index (χ2v) is 6.29. The first-order valence-electron chi connectivity index (χ1n) is 8.54. The Balaban J connectivity index is 2.06. The zero-order valence-electron chi connectivity index (χ0n) is 15.3. The lowest BCUT2D eigenvalue weighted by Gasteiger charge is -2.15. The van der Waals surface area contributed by atoms with Crippen molar-refractivity contribution in [2.75, 3.05) is 6.54 Å². The molecule has 0 saturated heterocycles. The first-order chi connectivity index (χ1) is 13.8. The molecule has 0 spiro atoms. The Kier molecular flexibility index (Phi) is 5.49. The van der Waals surface area contributed by atoms with Crippen molar-refractivity contribution in [3.63, 3.8) is 0 Å². The van der Waals surface area contributed by atoms with Crippen molar-refractivity contribution in [1.82, 2.24) is 10.0 Å². The van der Waals surface area contributed by atoms with Gasteiger partial charge >= 0.3 is 5.97 Å². The normalized spacial score (nSPS) is 10.7. The number of hydrogen-bond acceptors (Lipinski definition) is 5. The van der Waals surface area contributed by atoms with Gasteiger partial charge in [-0.3, -0.25) is 14.4 Å². The Bertz CT molecular complexity index is 1170. The Morgan fingerprint density at radius 2 is 1.93 bits per heavy atom. The molecule has 150 valence electrons. The van der Waals surface area contributed by atoms with Crippen LogP contribution in [0.1, 0.15) is 21.5 Å². The molecule has 29 heavy (non-hydrogen) atoms. The molecule has 0 aliphatic heterocycles. The number of nitrogens with zero attached hydrogens (tertiary/aromatic N) is 1. The zero-order valence-corrected chi connectivity index (χ0v) is 15.3. The fraction of sp³-hybridized carbons (Fsp3) is 0.150. The van der Waals surface area contributed by atoms with E-state index in [9.17, 15) is 23.9 Å². The number of rotatable bonds is 6. The van der Waals surface area contributed by atoms with E-state index in [0.29, 0.717) is 0 Å². The smallest absolute Gasteiger partial charge is 0.322 e. The highest BCUT2D eigenvalue weighted by atomic mass is 19.1. The van der Waals surface area contributed by atoms with Gasteiger partial charge in [0.25, 0.3) is 11.5 Å². The molecule has 1 aromatic heterocycles. The van der Waals surface area contributed by atoms with Gasteiger partial charge in [-0.1, -0.05) is 24.3 Å². The number of amides is 1. The van der Waals surface area contributed by atoms with Crippen molar-refractivity contribution in [3.8, 4) is 5.75 Å². The predicted octanol–water partition coefficient (Wildman–Crippen LogP) is 1.60. The number of fused-ring (bicyclic) bond motifs is 1. The fourth-order valence-corrected chi connectivity index (χ4v) is 2.78. The molecule has 3 rings (SSSR count). The summed E-state index contributed by atoms with van der Waals surface area (Å²) in [6, 6.07) is 10.6. The minimum atomic E-state index is -1.31. The minimum absolute atomic E-state index is 0.136. The molecule has 0 bridgehead atoms. The van der Waals surface area contributed by atoms with Crippen molar-refractivity contribution in [1.29, 1.82) is 0 Å². The highest BCUT2D eigenvalue weighted by Crippen LogP contribution is 2.26. The number of carbonyl (C=O) groups excluding carboxylic acids is 1. The summed E-state index contributed by atoms with van der Waals surface area (Å²) in [5.41, 5.74) is -0.601. The van der Waals surface area contributed by atoms with Crippen LogP contribution < -0.4 is 15.7 Å². The zero-order chi connectivity index (χ0) is 21.1. The number of carbonyl (C=O) groups is 2. The van der Waals surface area contributed by atoms with Gasteiger partial charge in [0.05, 0.1) is 5.52 Å². The molecular weight excluding hydrogens is 383 g/mol. The van der Waals surface area contributed by atoms with E-state index < -0.39 is 41.1 Å². The first kappa shape index (κ1) is 19.9. The number of hydrogen-bond donors (Lipinski definition) is 3. The van der Waals surface area contributed by atoms with Gasteiger partial charge in [-0.05, 0) is 30.7 Å². The maximum atomic E-state index is 14.1. The number of aliphatic carboxylic acids is 1. The number of nitrogens with one attached hydrogen (secondary N) is 1. The van der Waals surface area contributed by atoms with Crippen LogP contribution in [0.15, 0.2) is 47.3 Å². The number of carboxylic acid groups (broad SMARTS) is 1. The molecule has 0 radical (unpaired) electrons. The van der Waals surface area contributed by atoms with Crippen molar-refractivity contribution in [2.45, 2.75) is 13.5 Å². The van der Waals surface area contributed by atoms with E-state index in [-0.39, 0.29) is 23.1 Å². The lowest BCUT2D eigenvalue weighted by atomic mass is 10.1. The summed E-state index contributed by atoms with van der Waals surface area (Å²) in [5.74, 6) is -3.50. The fourth-order valence-electron chi connectivity index (χ4n) is 2.78. The number of halogens is 1. The number of pyridine rings is 1. The van der Waals surface area contributed by atoms with Gasteiger partial charge in [0.1, 0.15) is 24.7 Å². The first-order valence-corrected chi connectivity index (χ1v) is 8.54. The average molecular weight is 400 g/mol. The van der Waals surface area contributed by atoms with Crippen molar-refractivity contribution in [2.24, 2.45) is 0 Å². The van der Waals surface area contributed by atoms with Crippen LogP contribution in [0.4, 0.5) is 4.39 Å². The van der Waals surface area contributed by atoms with Crippen LogP contribution in [0.3, 0.4) is 0 Å². The van der Waals surface area contributed by atoms with E-state index >= 15 is 0 Å². The van der Waals surface area contributed by atoms with E-state index in [2.05, 4.69) is 0 Å². The highest BCUT2D eigenvalue weighted by molar-refractivity contribution is 6.02. The van der Waals surface area contributed by atoms with Crippen molar-refractivity contribution >= 4 is 22.8 Å². The van der Waals surface area contributed by atoms with Gasteiger partial charge in [-0.25, -0.2) is 4.39 Å². The number of benzene rings is 2. The molecule has 9 heteroatoms. The molecule has 0 aliphatic rings. The summed E-state index contributed by atoms with van der Waals surface area (Å²) < 4.78 is 14.9. The molecule has 1 heterocycles. The molecule has 8 nitrogen and oxygen atoms in total. The summed E-state index contributed by atoms with van der Waals surface area (Å²) in [4.78, 5) is 41.3. The average Bonchev–Trinajstić information content (AvgIpc) is 2.67. The SMILES string of the molecule is Cc1ccc(COn2c(=O)c(C(=O)NCC(=O)O)c(O)c3ccccc32)c(F)c1. The molecule has 0 aliphatic carbocycles. The second kappa shape index (κ2) is 8.01. The Morgan fingerprint density at radius 3 is 2.62 bits per heavy atom. The summed E-state index contributed by atoms with van der Waals surface area (Å²) in [5, 5.41) is 21.3. The maximum absolute atomic E-state index is 14.1. The predicted molar refractivity (Wildman–Crippen MR) is 101 cm³/mol. The standard InChI is InChI=1S/C20H17FN2O6/c1-11-6-7-12(14(21)8-11)10-29-23-15-5-3-2-4-13(15)18(26)17(20(23)28)19(27)22-9-16(24)25/h2-8,26H,9-10H2,1H3,(H,22,27)(H,24,25). The van der Waals surface area contributed by atoms with Crippen LogP contribution >= 0.6 is 0 Å². The molecule has 0 atom stereocenters. The largest absolute Gasteiger partial charge is 0.506 e. The van der Waals surface area contributed by atoms with E-state index in [0.717, 1.165) is 10.3 Å². The molecule has 3 aromatic rings. The van der Waals surface area contributed by atoms with Crippen LogP contribution in [0, 0.1) is 12.7 Å². The summed E-state index contributed by atoms with van der Waals surface area (Å²) >= 11 is 0. The van der Waals surface area contributed by atoms with Crippen molar-refractivity contribution in [3.05, 3.63) is 75.3 Å². The number of para-hydroxylation sites is 1. The lowest BCUT2D eigenvalue weighted by molar-refractivity contribution is -0.135. The highest BCUT2D eigenvalue weighted by Gasteiger charge is 2.23. The molecule has 3 N–H and O–H groups in total. The molecular formula is C20H17FN2O6. The van der Waals surface area contributed by atoms with Gasteiger partial charge in [-0.15, -0.1) is 4.73 Å². The Hall–Kier alpha value is -3.88. The quantitative estimate of drug-likeness (QED) is 0.579. The van der Waals surface area contributed by atoms with Crippen LogP contribution in [0.2, 0.25) is 0 Å². The monoisotopic (exact) mass is 400 g/mol. The van der Waals surface area contributed by atoms with Gasteiger partial charge in [0.2, 0.25) is 0 Å². The van der Waals surface area contributed by atoms with Crippen LogP contribution in [-0.2, 0) is 11.4 Å². The number of carboxylic acids is 1. The molecule has 0 saturated carbocycles. The van der Waals surface area contributed by atoms with Crippen molar-refractivity contribution < 1.29 is 29.0 Å². The van der Waals surface area contributed by atoms with Gasteiger partial charge in [-0.2, -0.15) is 0 Å². The van der Waals surface area contributed by atoms with Gasteiger partial charge in [0, 0.05) is 10.9 Å². The maximum Gasteiger partial charge on any atom is 0.322 e.